The molecular weight excluding hydrogens is 448 g/mol. The number of H-pyrrole nitrogens is 1. The highest BCUT2D eigenvalue weighted by Crippen LogP contribution is 2.44. The summed E-state index contributed by atoms with van der Waals surface area (Å²) in [4.78, 5) is 44.1. The highest BCUT2D eigenvalue weighted by molar-refractivity contribution is 5.89. The standard InChI is InChI=1S/C26H28N4O5/c1-15(2)23(25(32)33)30-24(31)22(11-16-12-27-14-28-16)29-26(34)35-13-21-19-9-5-3-7-17(19)18-8-4-6-10-20(18)21/h3-10,12,14-15,21-23H,11,13H2,1-2H3,(H,27,28)(H,29,34)(H,30,31)(H,32,33)/t22-,23?/m1/s1. The summed E-state index contributed by atoms with van der Waals surface area (Å²) in [7, 11) is 0. The Labute approximate surface area is 202 Å². The van der Waals surface area contributed by atoms with Gasteiger partial charge in [-0.25, -0.2) is 14.6 Å². The lowest BCUT2D eigenvalue weighted by Crippen LogP contribution is -2.54. The molecule has 2 aromatic carbocycles. The van der Waals surface area contributed by atoms with E-state index in [0.717, 1.165) is 22.3 Å². The molecule has 4 rings (SSSR count). The first-order valence-corrected chi connectivity index (χ1v) is 11.5. The third-order valence-corrected chi connectivity index (χ3v) is 6.16. The second-order valence-electron chi connectivity index (χ2n) is 8.87. The molecule has 9 nitrogen and oxygen atoms in total. The molecule has 35 heavy (non-hydrogen) atoms. The van der Waals surface area contributed by atoms with Crippen LogP contribution in [0.4, 0.5) is 4.79 Å². The number of carbonyl (C=O) groups is 3. The monoisotopic (exact) mass is 476 g/mol. The summed E-state index contributed by atoms with van der Waals surface area (Å²) >= 11 is 0. The first kappa shape index (κ1) is 24.0. The Hall–Kier alpha value is -4.14. The van der Waals surface area contributed by atoms with Crippen molar-refractivity contribution in [2.45, 2.75) is 38.3 Å². The van der Waals surface area contributed by atoms with E-state index in [1.165, 1.54) is 12.5 Å². The van der Waals surface area contributed by atoms with Crippen molar-refractivity contribution in [3.05, 3.63) is 77.9 Å². The maximum Gasteiger partial charge on any atom is 0.407 e. The summed E-state index contributed by atoms with van der Waals surface area (Å²) in [6.45, 7) is 3.49. The maximum absolute atomic E-state index is 12.9. The number of benzene rings is 2. The van der Waals surface area contributed by atoms with Crippen molar-refractivity contribution in [3.63, 3.8) is 0 Å². The van der Waals surface area contributed by atoms with Gasteiger partial charge in [-0.1, -0.05) is 62.4 Å². The van der Waals surface area contributed by atoms with Crippen LogP contribution < -0.4 is 10.6 Å². The van der Waals surface area contributed by atoms with Crippen molar-refractivity contribution in [1.82, 2.24) is 20.6 Å². The minimum atomic E-state index is -1.14. The Balaban J connectivity index is 1.45. The second-order valence-corrected chi connectivity index (χ2v) is 8.87. The molecule has 3 aromatic rings. The molecule has 182 valence electrons. The number of ether oxygens (including phenoxy) is 1. The molecule has 0 aliphatic heterocycles. The van der Waals surface area contributed by atoms with Crippen molar-refractivity contribution in [2.24, 2.45) is 5.92 Å². The van der Waals surface area contributed by atoms with E-state index in [1.54, 1.807) is 13.8 Å². The van der Waals surface area contributed by atoms with E-state index in [-0.39, 0.29) is 24.9 Å². The molecule has 0 bridgehead atoms. The summed E-state index contributed by atoms with van der Waals surface area (Å²) in [6, 6.07) is 13.9. The molecule has 0 saturated heterocycles. The number of aromatic amines is 1. The van der Waals surface area contributed by atoms with Gasteiger partial charge in [-0.3, -0.25) is 4.79 Å². The number of imidazole rings is 1. The summed E-state index contributed by atoms with van der Waals surface area (Å²) in [5.41, 5.74) is 4.99. The Kier molecular flexibility index (Phi) is 7.14. The van der Waals surface area contributed by atoms with E-state index in [9.17, 15) is 19.5 Å². The molecule has 1 aliphatic carbocycles. The molecular formula is C26H28N4O5. The number of hydrogen-bond donors (Lipinski definition) is 4. The largest absolute Gasteiger partial charge is 0.480 e. The van der Waals surface area contributed by atoms with Gasteiger partial charge in [-0.2, -0.15) is 0 Å². The topological polar surface area (TPSA) is 133 Å². The van der Waals surface area contributed by atoms with E-state index >= 15 is 0 Å². The fourth-order valence-electron chi connectivity index (χ4n) is 4.38. The molecule has 0 saturated carbocycles. The van der Waals surface area contributed by atoms with Crippen LogP contribution in [0.2, 0.25) is 0 Å². The molecule has 1 unspecified atom stereocenters. The zero-order chi connectivity index (χ0) is 24.9. The number of nitrogens with one attached hydrogen (secondary N) is 3. The van der Waals surface area contributed by atoms with Crippen LogP contribution in [0.3, 0.4) is 0 Å². The van der Waals surface area contributed by atoms with Crippen molar-refractivity contribution in [1.29, 1.82) is 0 Å². The lowest BCUT2D eigenvalue weighted by Gasteiger charge is -2.23. The number of carboxylic acid groups (broad SMARTS) is 1. The molecule has 0 radical (unpaired) electrons. The van der Waals surface area contributed by atoms with Gasteiger partial charge < -0.3 is 25.5 Å². The summed E-state index contributed by atoms with van der Waals surface area (Å²) in [6.07, 6.45) is 2.34. The van der Waals surface area contributed by atoms with Crippen LogP contribution in [0.1, 0.15) is 36.6 Å². The number of alkyl carbamates (subject to hydrolysis) is 1. The van der Waals surface area contributed by atoms with E-state index in [0.29, 0.717) is 5.69 Å². The first-order chi connectivity index (χ1) is 16.8. The minimum absolute atomic E-state index is 0.0977. The van der Waals surface area contributed by atoms with Gasteiger partial charge in [0.15, 0.2) is 0 Å². The van der Waals surface area contributed by atoms with Crippen molar-refractivity contribution < 1.29 is 24.2 Å². The number of amides is 2. The van der Waals surface area contributed by atoms with Crippen LogP contribution in [0.25, 0.3) is 11.1 Å². The van der Waals surface area contributed by atoms with E-state index < -0.39 is 30.1 Å². The number of aromatic nitrogens is 2. The number of carbonyl (C=O) groups excluding carboxylic acids is 2. The summed E-state index contributed by atoms with van der Waals surface area (Å²) < 4.78 is 5.57. The number of fused-ring (bicyclic) bond motifs is 3. The molecule has 1 aromatic heterocycles. The van der Waals surface area contributed by atoms with Crippen LogP contribution >= 0.6 is 0 Å². The predicted molar refractivity (Wildman–Crippen MR) is 129 cm³/mol. The van der Waals surface area contributed by atoms with E-state index in [4.69, 9.17) is 4.74 Å². The lowest BCUT2D eigenvalue weighted by atomic mass is 9.98. The summed E-state index contributed by atoms with van der Waals surface area (Å²) in [5, 5.41) is 14.5. The van der Waals surface area contributed by atoms with Crippen LogP contribution in [0.5, 0.6) is 0 Å². The lowest BCUT2D eigenvalue weighted by molar-refractivity contribution is -0.143. The minimum Gasteiger partial charge on any atom is -0.480 e. The average molecular weight is 477 g/mol. The quantitative estimate of drug-likeness (QED) is 0.375. The summed E-state index contributed by atoms with van der Waals surface area (Å²) in [5.74, 6) is -2.21. The number of hydrogen-bond acceptors (Lipinski definition) is 5. The van der Waals surface area contributed by atoms with Gasteiger partial charge in [0.1, 0.15) is 18.7 Å². The van der Waals surface area contributed by atoms with Gasteiger partial charge in [0.25, 0.3) is 0 Å². The van der Waals surface area contributed by atoms with Crippen molar-refractivity contribution in [3.8, 4) is 11.1 Å². The number of aliphatic carboxylic acids is 1. The van der Waals surface area contributed by atoms with E-state index in [2.05, 4.69) is 20.6 Å². The third-order valence-electron chi connectivity index (χ3n) is 6.16. The smallest absolute Gasteiger partial charge is 0.407 e. The highest BCUT2D eigenvalue weighted by atomic mass is 16.5. The van der Waals surface area contributed by atoms with Crippen LogP contribution in [0, 0.1) is 5.92 Å². The normalized spacial score (nSPS) is 14.0. The molecule has 1 heterocycles. The first-order valence-electron chi connectivity index (χ1n) is 11.5. The van der Waals surface area contributed by atoms with Gasteiger partial charge in [-0.05, 0) is 28.2 Å². The fourth-order valence-corrected chi connectivity index (χ4v) is 4.38. The maximum atomic E-state index is 12.9. The number of carboxylic acids is 1. The number of rotatable bonds is 9. The van der Waals surface area contributed by atoms with E-state index in [1.807, 2.05) is 48.5 Å². The van der Waals surface area contributed by atoms with Crippen LogP contribution in [-0.2, 0) is 20.7 Å². The molecule has 4 N–H and O–H groups in total. The zero-order valence-corrected chi connectivity index (χ0v) is 19.5. The Morgan fingerprint density at radius 2 is 1.66 bits per heavy atom. The van der Waals surface area contributed by atoms with Crippen LogP contribution in [0.15, 0.2) is 61.1 Å². The Morgan fingerprint density at radius 1 is 1.03 bits per heavy atom. The van der Waals surface area contributed by atoms with Gasteiger partial charge >= 0.3 is 12.1 Å². The van der Waals surface area contributed by atoms with Gasteiger partial charge in [0.05, 0.1) is 6.33 Å². The molecule has 0 spiro atoms. The Morgan fingerprint density at radius 3 is 2.20 bits per heavy atom. The van der Waals surface area contributed by atoms with Gasteiger partial charge in [0, 0.05) is 24.2 Å². The van der Waals surface area contributed by atoms with Crippen molar-refractivity contribution >= 4 is 18.0 Å². The number of nitrogens with zero attached hydrogens (tertiary/aromatic N) is 1. The predicted octanol–water partition coefficient (Wildman–Crippen LogP) is 3.08. The SMILES string of the molecule is CC(C)C(NC(=O)[C@@H](Cc1cnc[nH]1)NC(=O)OCC1c2ccccc2-c2ccccc21)C(=O)O. The Bertz CT molecular complexity index is 1160. The van der Waals surface area contributed by atoms with Crippen LogP contribution in [-0.4, -0.2) is 51.7 Å². The molecule has 0 fully saturated rings. The highest BCUT2D eigenvalue weighted by Gasteiger charge is 2.31. The molecule has 1 aliphatic rings. The zero-order valence-electron chi connectivity index (χ0n) is 19.5. The third kappa shape index (κ3) is 5.34. The second kappa shape index (κ2) is 10.4. The average Bonchev–Trinajstić information content (AvgIpc) is 3.46. The van der Waals surface area contributed by atoms with Gasteiger partial charge in [-0.15, -0.1) is 0 Å². The fraction of sp³-hybridized carbons (Fsp3) is 0.308. The molecule has 2 amide bonds. The van der Waals surface area contributed by atoms with Crippen molar-refractivity contribution in [2.75, 3.05) is 6.61 Å². The molecule has 9 heteroatoms. The van der Waals surface area contributed by atoms with Gasteiger partial charge in [0.2, 0.25) is 5.91 Å². The molecule has 2 atom stereocenters.